The molecular weight excluding hydrogens is 266 g/mol. The van der Waals surface area contributed by atoms with Crippen molar-refractivity contribution in [3.63, 3.8) is 0 Å². The molecule has 0 spiro atoms. The number of hydrogen-bond acceptors (Lipinski definition) is 4. The SMILES string of the molecule is Cc1nc(CN2CC(CC(C)C)NCC2(C)C)sc1C. The lowest BCUT2D eigenvalue weighted by Gasteiger charge is -2.46. The van der Waals surface area contributed by atoms with E-state index < -0.39 is 0 Å². The van der Waals surface area contributed by atoms with Crippen molar-refractivity contribution >= 4 is 11.3 Å². The average Bonchev–Trinajstić information content (AvgIpc) is 2.62. The molecule has 4 heteroatoms. The standard InChI is InChI=1S/C16H29N3S/c1-11(2)7-14-8-19(16(5,6)10-17-14)9-15-18-12(3)13(4)20-15/h11,14,17H,7-10H2,1-6H3. The lowest BCUT2D eigenvalue weighted by Crippen LogP contribution is -2.61. The zero-order valence-corrected chi connectivity index (χ0v) is 14.6. The van der Waals surface area contributed by atoms with Gasteiger partial charge in [-0.15, -0.1) is 11.3 Å². The summed E-state index contributed by atoms with van der Waals surface area (Å²) in [6, 6.07) is 0.616. The van der Waals surface area contributed by atoms with E-state index in [-0.39, 0.29) is 5.54 Å². The normalized spacial score (nSPS) is 23.4. The Morgan fingerprint density at radius 1 is 1.40 bits per heavy atom. The van der Waals surface area contributed by atoms with Gasteiger partial charge in [0.2, 0.25) is 0 Å². The van der Waals surface area contributed by atoms with Crippen LogP contribution < -0.4 is 5.32 Å². The maximum Gasteiger partial charge on any atom is 0.107 e. The van der Waals surface area contributed by atoms with Crippen molar-refractivity contribution in [2.24, 2.45) is 5.92 Å². The first-order chi connectivity index (χ1) is 9.28. The molecule has 1 N–H and O–H groups in total. The van der Waals surface area contributed by atoms with Crippen molar-refractivity contribution in [3.05, 3.63) is 15.6 Å². The Balaban J connectivity index is 2.05. The zero-order valence-electron chi connectivity index (χ0n) is 13.8. The number of aryl methyl sites for hydroxylation is 2. The zero-order chi connectivity index (χ0) is 14.9. The largest absolute Gasteiger partial charge is 0.311 e. The van der Waals surface area contributed by atoms with Gasteiger partial charge < -0.3 is 5.32 Å². The maximum absolute atomic E-state index is 4.71. The van der Waals surface area contributed by atoms with Crippen LogP contribution >= 0.6 is 11.3 Å². The summed E-state index contributed by atoms with van der Waals surface area (Å²) in [6.45, 7) is 16.7. The third-order valence-electron chi connectivity index (χ3n) is 4.28. The number of thiazole rings is 1. The van der Waals surface area contributed by atoms with E-state index in [1.165, 1.54) is 22.0 Å². The summed E-state index contributed by atoms with van der Waals surface area (Å²) >= 11 is 1.85. The van der Waals surface area contributed by atoms with Crippen molar-refractivity contribution in [2.75, 3.05) is 13.1 Å². The molecule has 2 heterocycles. The average molecular weight is 295 g/mol. The fourth-order valence-corrected chi connectivity index (χ4v) is 3.81. The predicted octanol–water partition coefficient (Wildman–Crippen LogP) is 3.36. The summed E-state index contributed by atoms with van der Waals surface area (Å²) < 4.78 is 0. The van der Waals surface area contributed by atoms with Gasteiger partial charge in [0.1, 0.15) is 5.01 Å². The summed E-state index contributed by atoms with van der Waals surface area (Å²) in [5.41, 5.74) is 1.40. The molecule has 1 aromatic heterocycles. The highest BCUT2D eigenvalue weighted by Gasteiger charge is 2.34. The van der Waals surface area contributed by atoms with Crippen molar-refractivity contribution in [1.82, 2.24) is 15.2 Å². The number of nitrogens with one attached hydrogen (secondary N) is 1. The second-order valence-electron chi connectivity index (χ2n) is 7.15. The molecule has 1 unspecified atom stereocenters. The molecule has 1 atom stereocenters. The third-order valence-corrected chi connectivity index (χ3v) is 5.33. The highest BCUT2D eigenvalue weighted by Crippen LogP contribution is 2.26. The Hall–Kier alpha value is -0.450. The van der Waals surface area contributed by atoms with Crippen LogP contribution in [0, 0.1) is 19.8 Å². The molecule has 0 radical (unpaired) electrons. The van der Waals surface area contributed by atoms with Crippen LogP contribution in [0.2, 0.25) is 0 Å². The van der Waals surface area contributed by atoms with Crippen molar-refractivity contribution in [1.29, 1.82) is 0 Å². The summed E-state index contributed by atoms with van der Waals surface area (Å²) in [6.07, 6.45) is 1.25. The molecule has 20 heavy (non-hydrogen) atoms. The third kappa shape index (κ3) is 3.80. The first kappa shape index (κ1) is 15.9. The molecule has 0 saturated carbocycles. The van der Waals surface area contributed by atoms with Crippen molar-refractivity contribution in [3.8, 4) is 0 Å². The minimum atomic E-state index is 0.209. The van der Waals surface area contributed by atoms with Gasteiger partial charge in [0.25, 0.3) is 0 Å². The Morgan fingerprint density at radius 3 is 2.65 bits per heavy atom. The Kier molecular flexibility index (Phi) is 4.88. The second kappa shape index (κ2) is 6.12. The smallest absolute Gasteiger partial charge is 0.107 e. The van der Waals surface area contributed by atoms with Crippen LogP contribution in [0.15, 0.2) is 0 Å². The van der Waals surface area contributed by atoms with Crippen LogP contribution in [0.1, 0.15) is 49.7 Å². The summed E-state index contributed by atoms with van der Waals surface area (Å²) in [4.78, 5) is 8.67. The molecule has 0 aliphatic carbocycles. The van der Waals surface area contributed by atoms with Crippen LogP contribution in [-0.4, -0.2) is 34.6 Å². The Morgan fingerprint density at radius 2 is 2.10 bits per heavy atom. The van der Waals surface area contributed by atoms with Gasteiger partial charge in [-0.05, 0) is 40.0 Å². The van der Waals surface area contributed by atoms with Gasteiger partial charge in [-0.1, -0.05) is 13.8 Å². The number of aromatic nitrogens is 1. The molecule has 0 bridgehead atoms. The first-order valence-corrected chi connectivity index (χ1v) is 8.51. The minimum absolute atomic E-state index is 0.209. The van der Waals surface area contributed by atoms with E-state index in [2.05, 4.69) is 51.8 Å². The Bertz CT molecular complexity index is 431. The number of piperazine rings is 1. The molecule has 2 rings (SSSR count). The van der Waals surface area contributed by atoms with Crippen LogP contribution in [0.3, 0.4) is 0 Å². The molecule has 114 valence electrons. The predicted molar refractivity (Wildman–Crippen MR) is 87.3 cm³/mol. The molecule has 0 aromatic carbocycles. The number of hydrogen-bond donors (Lipinski definition) is 1. The molecule has 1 aromatic rings. The summed E-state index contributed by atoms with van der Waals surface area (Å²) in [5.74, 6) is 0.750. The first-order valence-electron chi connectivity index (χ1n) is 7.69. The van der Waals surface area contributed by atoms with E-state index in [4.69, 9.17) is 4.98 Å². The van der Waals surface area contributed by atoms with Gasteiger partial charge in [-0.2, -0.15) is 0 Å². The molecule has 1 saturated heterocycles. The van der Waals surface area contributed by atoms with Crippen molar-refractivity contribution in [2.45, 2.75) is 66.1 Å². The summed E-state index contributed by atoms with van der Waals surface area (Å²) in [7, 11) is 0. The van der Waals surface area contributed by atoms with Crippen molar-refractivity contribution < 1.29 is 0 Å². The molecule has 3 nitrogen and oxygen atoms in total. The van der Waals surface area contributed by atoms with E-state index in [1.54, 1.807) is 0 Å². The fourth-order valence-electron chi connectivity index (χ4n) is 2.86. The quantitative estimate of drug-likeness (QED) is 0.923. The topological polar surface area (TPSA) is 28.2 Å². The highest BCUT2D eigenvalue weighted by molar-refractivity contribution is 7.11. The Labute approximate surface area is 127 Å². The lowest BCUT2D eigenvalue weighted by molar-refractivity contribution is 0.0535. The molecular formula is C16H29N3S. The highest BCUT2D eigenvalue weighted by atomic mass is 32.1. The van der Waals surface area contributed by atoms with Crippen LogP contribution in [0.5, 0.6) is 0 Å². The van der Waals surface area contributed by atoms with E-state index in [9.17, 15) is 0 Å². The van der Waals surface area contributed by atoms with Gasteiger partial charge in [0, 0.05) is 29.5 Å². The summed E-state index contributed by atoms with van der Waals surface area (Å²) in [5, 5.41) is 4.98. The fraction of sp³-hybridized carbons (Fsp3) is 0.812. The van der Waals surface area contributed by atoms with Crippen LogP contribution in [-0.2, 0) is 6.54 Å². The van der Waals surface area contributed by atoms with Gasteiger partial charge >= 0.3 is 0 Å². The molecule has 1 aliphatic heterocycles. The van der Waals surface area contributed by atoms with Gasteiger partial charge in [-0.3, -0.25) is 4.90 Å². The van der Waals surface area contributed by atoms with E-state index in [0.717, 1.165) is 25.6 Å². The van der Waals surface area contributed by atoms with Gasteiger partial charge in [0.05, 0.1) is 12.2 Å². The monoisotopic (exact) mass is 295 g/mol. The maximum atomic E-state index is 4.71. The van der Waals surface area contributed by atoms with E-state index in [1.807, 2.05) is 11.3 Å². The van der Waals surface area contributed by atoms with Crippen LogP contribution in [0.25, 0.3) is 0 Å². The van der Waals surface area contributed by atoms with Crippen LogP contribution in [0.4, 0.5) is 0 Å². The number of nitrogens with zero attached hydrogens (tertiary/aromatic N) is 2. The molecule has 1 fully saturated rings. The van der Waals surface area contributed by atoms with Gasteiger partial charge in [0.15, 0.2) is 0 Å². The molecule has 1 aliphatic rings. The minimum Gasteiger partial charge on any atom is -0.311 e. The lowest BCUT2D eigenvalue weighted by atomic mass is 9.94. The van der Waals surface area contributed by atoms with Gasteiger partial charge in [-0.25, -0.2) is 4.98 Å². The second-order valence-corrected chi connectivity index (χ2v) is 8.44. The van der Waals surface area contributed by atoms with E-state index >= 15 is 0 Å². The molecule has 0 amide bonds. The van der Waals surface area contributed by atoms with E-state index in [0.29, 0.717) is 6.04 Å². The number of rotatable bonds is 4.